The van der Waals surface area contributed by atoms with Gasteiger partial charge in [-0.25, -0.2) is 0 Å². The van der Waals surface area contributed by atoms with E-state index in [9.17, 15) is 0 Å². The van der Waals surface area contributed by atoms with E-state index in [4.69, 9.17) is 5.73 Å². The van der Waals surface area contributed by atoms with Crippen molar-refractivity contribution in [3.05, 3.63) is 34.9 Å². The van der Waals surface area contributed by atoms with Gasteiger partial charge in [0, 0.05) is 36.2 Å². The summed E-state index contributed by atoms with van der Waals surface area (Å²) in [6.45, 7) is 12.0. The van der Waals surface area contributed by atoms with E-state index in [1.54, 1.807) is 0 Å². The molecule has 3 atom stereocenters. The molecule has 1 aromatic carbocycles. The third-order valence-corrected chi connectivity index (χ3v) is 4.97. The van der Waals surface area contributed by atoms with Gasteiger partial charge < -0.3 is 5.73 Å². The number of rotatable bonds is 3. The van der Waals surface area contributed by atoms with Crippen LogP contribution in [0.5, 0.6) is 0 Å². The molecule has 2 rings (SSSR count). The predicted octanol–water partition coefficient (Wildman–Crippen LogP) is 3.13. The van der Waals surface area contributed by atoms with E-state index in [2.05, 4.69) is 62.6 Å². The first-order chi connectivity index (χ1) is 8.99. The standard InChI is InChI=1S/C16H26N2S/c1-11-5-12(2)7-15(6-11)16(8-17)18-9-13(3)19-14(4)10-18/h5-7,13-14,16H,8-10,17H2,1-4H3. The highest BCUT2D eigenvalue weighted by Gasteiger charge is 2.28. The van der Waals surface area contributed by atoms with E-state index < -0.39 is 0 Å². The van der Waals surface area contributed by atoms with Gasteiger partial charge in [0.1, 0.15) is 0 Å². The van der Waals surface area contributed by atoms with Gasteiger partial charge in [0.05, 0.1) is 0 Å². The lowest BCUT2D eigenvalue weighted by atomic mass is 9.99. The second kappa shape index (κ2) is 6.29. The minimum atomic E-state index is 0.365. The maximum absolute atomic E-state index is 6.08. The topological polar surface area (TPSA) is 29.3 Å². The van der Waals surface area contributed by atoms with Crippen LogP contribution in [-0.4, -0.2) is 35.0 Å². The number of nitrogens with two attached hydrogens (primary N) is 1. The van der Waals surface area contributed by atoms with E-state index in [1.165, 1.54) is 16.7 Å². The smallest absolute Gasteiger partial charge is 0.0471 e. The molecule has 106 valence electrons. The number of benzene rings is 1. The molecule has 1 aliphatic rings. The Balaban J connectivity index is 2.23. The average Bonchev–Trinajstić information content (AvgIpc) is 2.27. The molecule has 1 saturated heterocycles. The van der Waals surface area contributed by atoms with Crippen LogP contribution >= 0.6 is 11.8 Å². The second-order valence-corrected chi connectivity index (χ2v) is 7.77. The molecule has 1 heterocycles. The third-order valence-electron chi connectivity index (χ3n) is 3.74. The number of hydrogen-bond acceptors (Lipinski definition) is 3. The van der Waals surface area contributed by atoms with Crippen molar-refractivity contribution in [2.24, 2.45) is 5.73 Å². The molecule has 0 aromatic heterocycles. The summed E-state index contributed by atoms with van der Waals surface area (Å²) in [5.74, 6) is 0. The van der Waals surface area contributed by atoms with E-state index in [1.807, 2.05) is 0 Å². The lowest BCUT2D eigenvalue weighted by Gasteiger charge is -2.39. The lowest BCUT2D eigenvalue weighted by molar-refractivity contribution is 0.199. The molecule has 3 heteroatoms. The summed E-state index contributed by atoms with van der Waals surface area (Å²) < 4.78 is 0. The molecule has 3 unspecified atom stereocenters. The van der Waals surface area contributed by atoms with Gasteiger partial charge in [-0.15, -0.1) is 0 Å². The van der Waals surface area contributed by atoms with Crippen LogP contribution in [0.2, 0.25) is 0 Å². The Morgan fingerprint density at radius 2 is 1.68 bits per heavy atom. The molecule has 1 fully saturated rings. The van der Waals surface area contributed by atoms with Crippen molar-refractivity contribution >= 4 is 11.8 Å². The minimum Gasteiger partial charge on any atom is -0.329 e. The fourth-order valence-electron chi connectivity index (χ4n) is 3.17. The molecule has 1 aromatic rings. The molecule has 0 amide bonds. The summed E-state index contributed by atoms with van der Waals surface area (Å²) in [5.41, 5.74) is 10.1. The monoisotopic (exact) mass is 278 g/mol. The van der Waals surface area contributed by atoms with Crippen LogP contribution in [0.15, 0.2) is 18.2 Å². The van der Waals surface area contributed by atoms with Gasteiger partial charge in [0.15, 0.2) is 0 Å². The summed E-state index contributed by atoms with van der Waals surface area (Å²) in [6, 6.07) is 7.18. The van der Waals surface area contributed by atoms with Gasteiger partial charge in [0.25, 0.3) is 0 Å². The molecule has 0 bridgehead atoms. The number of nitrogens with zero attached hydrogens (tertiary/aromatic N) is 1. The summed E-state index contributed by atoms with van der Waals surface area (Å²) in [7, 11) is 0. The molecule has 0 aliphatic carbocycles. The van der Waals surface area contributed by atoms with Gasteiger partial charge >= 0.3 is 0 Å². The molecule has 19 heavy (non-hydrogen) atoms. The van der Waals surface area contributed by atoms with Crippen LogP contribution in [0.1, 0.15) is 36.6 Å². The Hall–Kier alpha value is -0.510. The van der Waals surface area contributed by atoms with Crippen molar-refractivity contribution in [2.75, 3.05) is 19.6 Å². The fraction of sp³-hybridized carbons (Fsp3) is 0.625. The first-order valence-corrected chi connectivity index (χ1v) is 8.11. The summed E-state index contributed by atoms with van der Waals surface area (Å²) in [5, 5.41) is 1.40. The summed E-state index contributed by atoms with van der Waals surface area (Å²) >= 11 is 2.09. The molecular formula is C16H26N2S. The van der Waals surface area contributed by atoms with Crippen molar-refractivity contribution in [1.29, 1.82) is 0 Å². The largest absolute Gasteiger partial charge is 0.329 e. The molecule has 0 saturated carbocycles. The minimum absolute atomic E-state index is 0.365. The quantitative estimate of drug-likeness (QED) is 0.921. The first-order valence-electron chi connectivity index (χ1n) is 7.17. The van der Waals surface area contributed by atoms with Crippen LogP contribution in [0, 0.1) is 13.8 Å². The van der Waals surface area contributed by atoms with Crippen molar-refractivity contribution in [1.82, 2.24) is 4.90 Å². The van der Waals surface area contributed by atoms with Gasteiger partial charge in [-0.05, 0) is 19.4 Å². The van der Waals surface area contributed by atoms with Gasteiger partial charge in [-0.2, -0.15) is 11.8 Å². The zero-order valence-electron chi connectivity index (χ0n) is 12.5. The maximum Gasteiger partial charge on any atom is 0.0471 e. The Labute approximate surface area is 121 Å². The summed E-state index contributed by atoms with van der Waals surface area (Å²) in [4.78, 5) is 2.57. The van der Waals surface area contributed by atoms with Crippen LogP contribution in [-0.2, 0) is 0 Å². The molecule has 0 radical (unpaired) electrons. The van der Waals surface area contributed by atoms with Crippen molar-refractivity contribution in [3.63, 3.8) is 0 Å². The van der Waals surface area contributed by atoms with Gasteiger partial charge in [-0.3, -0.25) is 4.90 Å². The number of hydrogen-bond donors (Lipinski definition) is 1. The molecule has 0 spiro atoms. The van der Waals surface area contributed by atoms with E-state index in [0.29, 0.717) is 23.1 Å². The highest BCUT2D eigenvalue weighted by Crippen LogP contribution is 2.31. The van der Waals surface area contributed by atoms with E-state index in [0.717, 1.165) is 13.1 Å². The third kappa shape index (κ3) is 3.74. The molecule has 2 nitrogen and oxygen atoms in total. The van der Waals surface area contributed by atoms with Gasteiger partial charge in [-0.1, -0.05) is 43.2 Å². The Kier molecular flexibility index (Phi) is 4.93. The van der Waals surface area contributed by atoms with Crippen LogP contribution in [0.3, 0.4) is 0 Å². The highest BCUT2D eigenvalue weighted by molar-refractivity contribution is 8.00. The Morgan fingerprint density at radius 3 is 2.16 bits per heavy atom. The zero-order valence-corrected chi connectivity index (χ0v) is 13.3. The van der Waals surface area contributed by atoms with E-state index in [-0.39, 0.29) is 0 Å². The zero-order chi connectivity index (χ0) is 14.0. The predicted molar refractivity (Wildman–Crippen MR) is 85.8 cm³/mol. The normalized spacial score (nSPS) is 26.4. The highest BCUT2D eigenvalue weighted by atomic mass is 32.2. The average molecular weight is 278 g/mol. The SMILES string of the molecule is Cc1cc(C)cc(C(CN)N2CC(C)SC(C)C2)c1. The first kappa shape index (κ1) is 14.9. The lowest BCUT2D eigenvalue weighted by Crippen LogP contribution is -2.44. The van der Waals surface area contributed by atoms with Crippen LogP contribution in [0.25, 0.3) is 0 Å². The Morgan fingerprint density at radius 1 is 1.16 bits per heavy atom. The van der Waals surface area contributed by atoms with Crippen LogP contribution < -0.4 is 5.73 Å². The molecule has 2 N–H and O–H groups in total. The van der Waals surface area contributed by atoms with E-state index >= 15 is 0 Å². The number of aryl methyl sites for hydroxylation is 2. The van der Waals surface area contributed by atoms with Crippen molar-refractivity contribution in [2.45, 2.75) is 44.2 Å². The van der Waals surface area contributed by atoms with Crippen molar-refractivity contribution < 1.29 is 0 Å². The van der Waals surface area contributed by atoms with Crippen molar-refractivity contribution in [3.8, 4) is 0 Å². The van der Waals surface area contributed by atoms with Gasteiger partial charge in [0.2, 0.25) is 0 Å². The maximum atomic E-state index is 6.08. The van der Waals surface area contributed by atoms with Crippen LogP contribution in [0.4, 0.5) is 0 Å². The molecule has 1 aliphatic heterocycles. The summed E-state index contributed by atoms with van der Waals surface area (Å²) in [6.07, 6.45) is 0. The Bertz CT molecular complexity index is 403. The number of thioether (sulfide) groups is 1. The fourth-order valence-corrected chi connectivity index (χ4v) is 4.52. The molecular weight excluding hydrogens is 252 g/mol. The second-order valence-electron chi connectivity index (χ2n) is 5.88.